The number of pyridine rings is 1. The Morgan fingerprint density at radius 1 is 1.60 bits per heavy atom. The maximum absolute atomic E-state index is 11.4. The summed E-state index contributed by atoms with van der Waals surface area (Å²) >= 11 is 0. The van der Waals surface area contributed by atoms with E-state index >= 15 is 0 Å². The average molecular weight is 203 g/mol. The van der Waals surface area contributed by atoms with Crippen LogP contribution in [0.25, 0.3) is 0 Å². The molecule has 15 heavy (non-hydrogen) atoms. The van der Waals surface area contributed by atoms with Crippen molar-refractivity contribution in [2.75, 3.05) is 0 Å². The Morgan fingerprint density at radius 2 is 2.27 bits per heavy atom. The van der Waals surface area contributed by atoms with Gasteiger partial charge in [-0.3, -0.25) is 9.78 Å². The van der Waals surface area contributed by atoms with Crippen LogP contribution in [0.3, 0.4) is 0 Å². The fraction of sp³-hybridized carbons (Fsp3) is 0.111. The van der Waals surface area contributed by atoms with Crippen LogP contribution in [0.15, 0.2) is 29.6 Å². The Labute approximate surface area is 86.4 Å². The number of nitriles is 1. The van der Waals surface area contributed by atoms with Crippen molar-refractivity contribution in [3.63, 3.8) is 0 Å². The van der Waals surface area contributed by atoms with E-state index in [1.54, 1.807) is 12.1 Å². The number of carbonyl (C=O) groups is 1. The van der Waals surface area contributed by atoms with Crippen LogP contribution in [-0.2, 0) is 0 Å². The van der Waals surface area contributed by atoms with E-state index in [9.17, 15) is 4.79 Å². The van der Waals surface area contributed by atoms with Crippen molar-refractivity contribution in [1.29, 1.82) is 5.26 Å². The van der Waals surface area contributed by atoms with Gasteiger partial charge in [0.15, 0.2) is 0 Å². The summed E-state index contributed by atoms with van der Waals surface area (Å²) in [7, 11) is 0. The number of nitrogens with zero attached hydrogens (tertiary/aromatic N) is 3. The van der Waals surface area contributed by atoms with Gasteiger partial charge < -0.3 is 5.73 Å². The highest BCUT2D eigenvalue weighted by molar-refractivity contribution is 5.95. The highest BCUT2D eigenvalue weighted by atomic mass is 16.2. The molecule has 0 aliphatic carbocycles. The Hall–Kier alpha value is -2.42. The lowest BCUT2D eigenvalue weighted by Gasteiger charge is -1.99. The third-order valence-electron chi connectivity index (χ3n) is 1.50. The van der Waals surface area contributed by atoms with E-state index < -0.39 is 5.91 Å². The summed E-state index contributed by atoms with van der Waals surface area (Å²) in [6.07, 6.45) is 2.98. The SMILES string of the molecule is N#CC/C(N)=N/NC(=O)c1ccncc1. The van der Waals surface area contributed by atoms with Crippen LogP contribution < -0.4 is 11.2 Å². The maximum atomic E-state index is 11.4. The van der Waals surface area contributed by atoms with Gasteiger partial charge in [0, 0.05) is 18.0 Å². The minimum Gasteiger partial charge on any atom is -0.385 e. The van der Waals surface area contributed by atoms with Crippen molar-refractivity contribution in [3.8, 4) is 6.07 Å². The lowest BCUT2D eigenvalue weighted by molar-refractivity contribution is 0.0954. The molecule has 0 atom stereocenters. The topological polar surface area (TPSA) is 104 Å². The number of carbonyl (C=O) groups excluding carboxylic acids is 1. The van der Waals surface area contributed by atoms with Gasteiger partial charge in [-0.15, -0.1) is 0 Å². The van der Waals surface area contributed by atoms with Gasteiger partial charge in [0.1, 0.15) is 5.84 Å². The number of hydrogen-bond donors (Lipinski definition) is 2. The van der Waals surface area contributed by atoms with E-state index in [4.69, 9.17) is 11.0 Å². The van der Waals surface area contributed by atoms with E-state index in [1.807, 2.05) is 6.07 Å². The number of hydrazone groups is 1. The molecule has 0 aromatic carbocycles. The minimum atomic E-state index is -0.390. The van der Waals surface area contributed by atoms with Crippen LogP contribution in [0, 0.1) is 11.3 Å². The van der Waals surface area contributed by atoms with Gasteiger partial charge in [-0.2, -0.15) is 10.4 Å². The summed E-state index contributed by atoms with van der Waals surface area (Å²) in [5.74, 6) is -0.321. The molecular weight excluding hydrogens is 194 g/mol. The van der Waals surface area contributed by atoms with E-state index in [2.05, 4.69) is 15.5 Å². The molecule has 1 amide bonds. The van der Waals surface area contributed by atoms with Crippen LogP contribution in [0.1, 0.15) is 16.8 Å². The van der Waals surface area contributed by atoms with E-state index in [0.717, 1.165) is 0 Å². The van der Waals surface area contributed by atoms with Gasteiger partial charge in [0.05, 0.1) is 12.5 Å². The fourth-order valence-electron chi connectivity index (χ4n) is 0.811. The molecule has 1 aromatic heterocycles. The molecule has 0 radical (unpaired) electrons. The molecule has 3 N–H and O–H groups in total. The number of aromatic nitrogens is 1. The fourth-order valence-corrected chi connectivity index (χ4v) is 0.811. The molecule has 0 spiro atoms. The third-order valence-corrected chi connectivity index (χ3v) is 1.50. The number of nitrogens with two attached hydrogens (primary N) is 1. The molecule has 6 nitrogen and oxygen atoms in total. The molecule has 0 unspecified atom stereocenters. The third kappa shape index (κ3) is 3.44. The lowest BCUT2D eigenvalue weighted by atomic mass is 10.3. The summed E-state index contributed by atoms with van der Waals surface area (Å²) in [6, 6.07) is 4.91. The summed E-state index contributed by atoms with van der Waals surface area (Å²) in [4.78, 5) is 15.1. The van der Waals surface area contributed by atoms with Crippen molar-refractivity contribution >= 4 is 11.7 Å². The van der Waals surface area contributed by atoms with Crippen LogP contribution in [0.2, 0.25) is 0 Å². The van der Waals surface area contributed by atoms with E-state index in [1.165, 1.54) is 12.4 Å². The first-order valence-corrected chi connectivity index (χ1v) is 4.13. The van der Waals surface area contributed by atoms with Gasteiger partial charge in [0.2, 0.25) is 0 Å². The van der Waals surface area contributed by atoms with Crippen molar-refractivity contribution in [2.24, 2.45) is 10.8 Å². The smallest absolute Gasteiger partial charge is 0.271 e. The van der Waals surface area contributed by atoms with Crippen molar-refractivity contribution in [1.82, 2.24) is 10.4 Å². The first kappa shape index (κ1) is 10.7. The van der Waals surface area contributed by atoms with Gasteiger partial charge in [0.25, 0.3) is 5.91 Å². The Kier molecular flexibility index (Phi) is 3.79. The van der Waals surface area contributed by atoms with Crippen molar-refractivity contribution in [2.45, 2.75) is 6.42 Å². The summed E-state index contributed by atoms with van der Waals surface area (Å²) < 4.78 is 0. The second-order valence-electron chi connectivity index (χ2n) is 2.61. The highest BCUT2D eigenvalue weighted by Gasteiger charge is 2.02. The number of amidine groups is 1. The maximum Gasteiger partial charge on any atom is 0.271 e. The first-order valence-electron chi connectivity index (χ1n) is 4.13. The number of nitrogens with one attached hydrogen (secondary N) is 1. The lowest BCUT2D eigenvalue weighted by Crippen LogP contribution is -2.22. The molecule has 1 heterocycles. The predicted octanol–water partition coefficient (Wildman–Crippen LogP) is -0.00272. The molecule has 6 heteroatoms. The molecule has 0 bridgehead atoms. The number of rotatable bonds is 3. The number of amides is 1. The molecule has 0 fully saturated rings. The van der Waals surface area contributed by atoms with Crippen LogP contribution in [-0.4, -0.2) is 16.7 Å². The molecule has 1 aromatic rings. The number of hydrogen-bond acceptors (Lipinski definition) is 4. The van der Waals surface area contributed by atoms with Gasteiger partial charge >= 0.3 is 0 Å². The monoisotopic (exact) mass is 203 g/mol. The quantitative estimate of drug-likeness (QED) is 0.409. The first-order chi connectivity index (χ1) is 7.24. The Morgan fingerprint density at radius 3 is 2.87 bits per heavy atom. The Bertz CT molecular complexity index is 406. The Balaban J connectivity index is 2.58. The summed E-state index contributed by atoms with van der Waals surface area (Å²) in [5.41, 5.74) is 7.97. The second-order valence-corrected chi connectivity index (χ2v) is 2.61. The molecule has 0 aliphatic rings. The van der Waals surface area contributed by atoms with E-state index in [0.29, 0.717) is 5.56 Å². The zero-order valence-electron chi connectivity index (χ0n) is 7.84. The zero-order valence-corrected chi connectivity index (χ0v) is 7.84. The average Bonchev–Trinajstić information content (AvgIpc) is 2.27. The zero-order chi connectivity index (χ0) is 11.1. The van der Waals surface area contributed by atoms with Gasteiger partial charge in [-0.25, -0.2) is 5.43 Å². The van der Waals surface area contributed by atoms with Gasteiger partial charge in [-0.05, 0) is 12.1 Å². The minimum absolute atomic E-state index is 0.0172. The predicted molar refractivity (Wildman–Crippen MR) is 53.6 cm³/mol. The van der Waals surface area contributed by atoms with Crippen LogP contribution >= 0.6 is 0 Å². The molecule has 1 rings (SSSR count). The molecular formula is C9H9N5O. The highest BCUT2D eigenvalue weighted by Crippen LogP contribution is 1.95. The van der Waals surface area contributed by atoms with Crippen LogP contribution in [0.5, 0.6) is 0 Å². The van der Waals surface area contributed by atoms with Crippen molar-refractivity contribution in [3.05, 3.63) is 30.1 Å². The van der Waals surface area contributed by atoms with Crippen molar-refractivity contribution < 1.29 is 4.79 Å². The second kappa shape index (κ2) is 5.34. The summed E-state index contributed by atoms with van der Waals surface area (Å²) in [6.45, 7) is 0. The van der Waals surface area contributed by atoms with E-state index in [-0.39, 0.29) is 12.3 Å². The van der Waals surface area contributed by atoms with Gasteiger partial charge in [-0.1, -0.05) is 0 Å². The summed E-state index contributed by atoms with van der Waals surface area (Å²) in [5, 5.41) is 11.8. The largest absolute Gasteiger partial charge is 0.385 e. The molecule has 0 aliphatic heterocycles. The molecule has 0 saturated heterocycles. The molecule has 0 saturated carbocycles. The standard InChI is InChI=1S/C9H9N5O/c10-4-1-8(11)13-14-9(15)7-2-5-12-6-3-7/h2-3,5-6H,1H2,(H2,11,13)(H,14,15). The molecule has 76 valence electrons. The normalized spacial score (nSPS) is 10.5. The van der Waals surface area contributed by atoms with Crippen LogP contribution in [0.4, 0.5) is 0 Å².